The molecule has 1 N–H and O–H groups in total. The Labute approximate surface area is 154 Å². The zero-order valence-corrected chi connectivity index (χ0v) is 14.8. The number of nitrogens with one attached hydrogen (secondary N) is 1. The molecule has 0 spiro atoms. The van der Waals surface area contributed by atoms with Crippen molar-refractivity contribution in [2.24, 2.45) is 0 Å². The summed E-state index contributed by atoms with van der Waals surface area (Å²) in [6.07, 6.45) is 4.71. The van der Waals surface area contributed by atoms with Crippen LogP contribution in [0.5, 0.6) is 0 Å². The zero-order chi connectivity index (χ0) is 18.1. The lowest BCUT2D eigenvalue weighted by Gasteiger charge is -2.02. The summed E-state index contributed by atoms with van der Waals surface area (Å²) in [7, 11) is 0. The van der Waals surface area contributed by atoms with Crippen molar-refractivity contribution in [2.75, 3.05) is 5.32 Å². The standard InChI is InChI=1S/C16H11BrFN7O/c17-12-13(22-25-7-3-6-19-14(12)25)15(26)21-16-20-9-24(23-16)8-10-4-1-2-5-11(10)18/h1-7,9H,8H2,(H,21,23,26). The van der Waals surface area contributed by atoms with Crippen LogP contribution in [0, 0.1) is 5.82 Å². The minimum absolute atomic E-state index is 0.100. The van der Waals surface area contributed by atoms with Gasteiger partial charge in [-0.2, -0.15) is 5.10 Å². The van der Waals surface area contributed by atoms with Gasteiger partial charge in [0.25, 0.3) is 5.91 Å². The van der Waals surface area contributed by atoms with Gasteiger partial charge in [0.2, 0.25) is 5.95 Å². The first-order chi connectivity index (χ1) is 12.6. The van der Waals surface area contributed by atoms with Gasteiger partial charge in [-0.1, -0.05) is 18.2 Å². The van der Waals surface area contributed by atoms with E-state index in [4.69, 9.17) is 0 Å². The predicted molar refractivity (Wildman–Crippen MR) is 94.2 cm³/mol. The SMILES string of the molecule is O=C(Nc1ncn(Cc2ccccc2F)n1)c1nn2cccnc2c1Br. The fraction of sp³-hybridized carbons (Fsp3) is 0.0625. The second-order valence-electron chi connectivity index (χ2n) is 5.36. The molecule has 0 aliphatic heterocycles. The summed E-state index contributed by atoms with van der Waals surface area (Å²) < 4.78 is 17.1. The molecule has 0 radical (unpaired) electrons. The van der Waals surface area contributed by atoms with Crippen molar-refractivity contribution in [1.82, 2.24) is 29.4 Å². The summed E-state index contributed by atoms with van der Waals surface area (Å²) in [6.45, 7) is 0.206. The topological polar surface area (TPSA) is 90.0 Å². The Balaban J connectivity index is 1.52. The van der Waals surface area contributed by atoms with Crippen molar-refractivity contribution >= 4 is 33.4 Å². The second kappa shape index (κ2) is 6.64. The van der Waals surface area contributed by atoms with Crippen LogP contribution in [0.15, 0.2) is 53.5 Å². The highest BCUT2D eigenvalue weighted by Gasteiger charge is 2.19. The molecule has 0 aliphatic rings. The number of halogens is 2. The normalized spacial score (nSPS) is 11.0. The van der Waals surface area contributed by atoms with E-state index in [1.807, 2.05) is 0 Å². The number of rotatable bonds is 4. The summed E-state index contributed by atoms with van der Waals surface area (Å²) >= 11 is 3.33. The number of hydrogen-bond acceptors (Lipinski definition) is 5. The van der Waals surface area contributed by atoms with Gasteiger partial charge >= 0.3 is 0 Å². The van der Waals surface area contributed by atoms with Crippen molar-refractivity contribution in [3.05, 3.63) is 70.6 Å². The number of aromatic nitrogens is 6. The number of hydrogen-bond donors (Lipinski definition) is 1. The van der Waals surface area contributed by atoms with Crippen LogP contribution in [0.2, 0.25) is 0 Å². The monoisotopic (exact) mass is 415 g/mol. The molecular weight excluding hydrogens is 405 g/mol. The van der Waals surface area contributed by atoms with Crippen LogP contribution in [-0.2, 0) is 6.54 Å². The van der Waals surface area contributed by atoms with Crippen molar-refractivity contribution in [1.29, 1.82) is 0 Å². The summed E-state index contributed by atoms with van der Waals surface area (Å²) in [5.41, 5.74) is 1.16. The molecule has 0 atom stereocenters. The Morgan fingerprint density at radius 2 is 2.04 bits per heavy atom. The molecule has 0 fully saturated rings. The number of anilines is 1. The summed E-state index contributed by atoms with van der Waals surface area (Å²) in [6, 6.07) is 8.11. The van der Waals surface area contributed by atoms with Crippen molar-refractivity contribution in [3.63, 3.8) is 0 Å². The molecule has 0 aliphatic carbocycles. The number of carbonyl (C=O) groups is 1. The maximum absolute atomic E-state index is 13.7. The average Bonchev–Trinajstić information content (AvgIpc) is 3.22. The van der Waals surface area contributed by atoms with Gasteiger partial charge in [0.1, 0.15) is 12.1 Å². The number of amides is 1. The van der Waals surface area contributed by atoms with Crippen molar-refractivity contribution in [2.45, 2.75) is 6.54 Å². The minimum Gasteiger partial charge on any atom is -0.288 e. The van der Waals surface area contributed by atoms with E-state index < -0.39 is 5.91 Å². The van der Waals surface area contributed by atoms with Crippen LogP contribution < -0.4 is 5.32 Å². The van der Waals surface area contributed by atoms with E-state index in [-0.39, 0.29) is 24.0 Å². The fourth-order valence-corrected chi connectivity index (χ4v) is 2.94. The Kier molecular flexibility index (Phi) is 4.17. The molecule has 0 bridgehead atoms. The summed E-state index contributed by atoms with van der Waals surface area (Å²) in [4.78, 5) is 20.6. The van der Waals surface area contributed by atoms with Crippen molar-refractivity contribution < 1.29 is 9.18 Å². The summed E-state index contributed by atoms with van der Waals surface area (Å²) in [5, 5.41) is 10.9. The van der Waals surface area contributed by atoms with Gasteiger partial charge in [0.05, 0.1) is 11.0 Å². The van der Waals surface area contributed by atoms with Gasteiger partial charge in [0, 0.05) is 18.0 Å². The third-order valence-corrected chi connectivity index (χ3v) is 4.34. The first-order valence-electron chi connectivity index (χ1n) is 7.55. The van der Waals surface area contributed by atoms with Crippen molar-refractivity contribution in [3.8, 4) is 0 Å². The molecule has 10 heteroatoms. The van der Waals surface area contributed by atoms with Gasteiger partial charge in [-0.15, -0.1) is 5.10 Å². The highest BCUT2D eigenvalue weighted by Crippen LogP contribution is 2.21. The Morgan fingerprint density at radius 1 is 1.19 bits per heavy atom. The molecule has 0 saturated carbocycles. The Morgan fingerprint density at radius 3 is 2.85 bits per heavy atom. The predicted octanol–water partition coefficient (Wildman–Crippen LogP) is 2.52. The van der Waals surface area contributed by atoms with E-state index in [0.29, 0.717) is 15.7 Å². The van der Waals surface area contributed by atoms with Gasteiger partial charge in [-0.25, -0.2) is 23.6 Å². The van der Waals surface area contributed by atoms with Gasteiger partial charge in [-0.3, -0.25) is 10.1 Å². The zero-order valence-electron chi connectivity index (χ0n) is 13.2. The molecule has 0 saturated heterocycles. The first kappa shape index (κ1) is 16.3. The molecule has 0 unspecified atom stereocenters. The molecular formula is C16H11BrFN7O. The molecule has 4 aromatic rings. The molecule has 26 heavy (non-hydrogen) atoms. The number of carbonyl (C=O) groups excluding carboxylic acids is 1. The highest BCUT2D eigenvalue weighted by molar-refractivity contribution is 9.10. The highest BCUT2D eigenvalue weighted by atomic mass is 79.9. The molecule has 8 nitrogen and oxygen atoms in total. The van der Waals surface area contributed by atoms with Crippen LogP contribution in [0.1, 0.15) is 16.1 Å². The van der Waals surface area contributed by atoms with E-state index in [1.165, 1.54) is 21.6 Å². The smallest absolute Gasteiger partial charge is 0.279 e. The van der Waals surface area contributed by atoms with E-state index in [1.54, 1.807) is 36.7 Å². The first-order valence-corrected chi connectivity index (χ1v) is 8.34. The largest absolute Gasteiger partial charge is 0.288 e. The third-order valence-electron chi connectivity index (χ3n) is 3.61. The lowest BCUT2D eigenvalue weighted by atomic mass is 10.2. The van der Waals surface area contributed by atoms with E-state index in [0.717, 1.165) is 0 Å². The van der Waals surface area contributed by atoms with Crippen LogP contribution in [0.25, 0.3) is 5.65 Å². The molecule has 3 aromatic heterocycles. The quantitative estimate of drug-likeness (QED) is 0.552. The van der Waals surface area contributed by atoms with Crippen LogP contribution in [-0.4, -0.2) is 35.3 Å². The van der Waals surface area contributed by atoms with Gasteiger partial charge in [-0.05, 0) is 28.1 Å². The minimum atomic E-state index is -0.481. The summed E-state index contributed by atoms with van der Waals surface area (Å²) in [5.74, 6) is -0.705. The average molecular weight is 416 g/mol. The molecule has 1 amide bonds. The van der Waals surface area contributed by atoms with Crippen LogP contribution >= 0.6 is 15.9 Å². The second-order valence-corrected chi connectivity index (χ2v) is 6.15. The fourth-order valence-electron chi connectivity index (χ4n) is 2.39. The maximum atomic E-state index is 13.7. The van der Waals surface area contributed by atoms with E-state index in [2.05, 4.69) is 41.4 Å². The maximum Gasteiger partial charge on any atom is 0.279 e. The Bertz CT molecular complexity index is 1110. The lowest BCUT2D eigenvalue weighted by Crippen LogP contribution is -2.15. The van der Waals surface area contributed by atoms with E-state index in [9.17, 15) is 9.18 Å². The van der Waals surface area contributed by atoms with E-state index >= 15 is 0 Å². The third kappa shape index (κ3) is 3.06. The Hall–Kier alpha value is -3.14. The van der Waals surface area contributed by atoms with Crippen LogP contribution in [0.4, 0.5) is 10.3 Å². The number of benzene rings is 1. The lowest BCUT2D eigenvalue weighted by molar-refractivity contribution is 0.102. The van der Waals surface area contributed by atoms with Gasteiger partial charge < -0.3 is 0 Å². The molecule has 3 heterocycles. The number of fused-ring (bicyclic) bond motifs is 1. The number of nitrogens with zero attached hydrogens (tertiary/aromatic N) is 6. The van der Waals surface area contributed by atoms with Gasteiger partial charge in [0.15, 0.2) is 11.3 Å². The molecule has 130 valence electrons. The molecule has 1 aromatic carbocycles. The molecule has 4 rings (SSSR count). The van der Waals surface area contributed by atoms with Crippen LogP contribution in [0.3, 0.4) is 0 Å².